The van der Waals surface area contributed by atoms with Gasteiger partial charge in [0.25, 0.3) is 0 Å². The summed E-state index contributed by atoms with van der Waals surface area (Å²) in [5, 5.41) is 0. The number of nitrogens with one attached hydrogen (secondary N) is 1. The molecule has 1 fully saturated rings. The highest BCUT2D eigenvalue weighted by Crippen LogP contribution is 2.37. The molecule has 2 heterocycles. The second-order valence-corrected chi connectivity index (χ2v) is 10.2. The largest absolute Gasteiger partial charge is 0.497 e. The van der Waals surface area contributed by atoms with Gasteiger partial charge in [-0.25, -0.2) is 13.1 Å². The number of methoxy groups -OCH3 is 1. The molecule has 1 aliphatic heterocycles. The van der Waals surface area contributed by atoms with Gasteiger partial charge in [-0.15, -0.1) is 0 Å². The summed E-state index contributed by atoms with van der Waals surface area (Å²) in [5.41, 5.74) is 2.49. The van der Waals surface area contributed by atoms with E-state index in [9.17, 15) is 13.2 Å². The predicted molar refractivity (Wildman–Crippen MR) is 129 cm³/mol. The molecule has 0 amide bonds. The van der Waals surface area contributed by atoms with Gasteiger partial charge >= 0.3 is 0 Å². The summed E-state index contributed by atoms with van der Waals surface area (Å²) in [6.45, 7) is 1.07. The number of ketones is 1. The van der Waals surface area contributed by atoms with E-state index in [1.807, 2.05) is 42.5 Å². The Morgan fingerprint density at radius 3 is 2.32 bits per heavy atom. The second kappa shape index (κ2) is 10.0. The minimum Gasteiger partial charge on any atom is -0.497 e. The van der Waals surface area contributed by atoms with E-state index in [0.29, 0.717) is 37.4 Å². The Hall–Kier alpha value is -3.07. The van der Waals surface area contributed by atoms with Gasteiger partial charge in [0.1, 0.15) is 11.5 Å². The molecule has 1 saturated heterocycles. The van der Waals surface area contributed by atoms with Crippen molar-refractivity contribution < 1.29 is 22.7 Å². The maximum Gasteiger partial charge on any atom is 0.240 e. The van der Waals surface area contributed by atoms with Crippen molar-refractivity contribution in [2.45, 2.75) is 29.6 Å². The number of pyridine rings is 1. The molecular weight excluding hydrogens is 452 g/mol. The fraction of sp³-hybridized carbons (Fsp3) is 0.308. The molecule has 3 aromatic rings. The number of hydrogen-bond acceptors (Lipinski definition) is 6. The Morgan fingerprint density at radius 2 is 1.71 bits per heavy atom. The first-order valence-electron chi connectivity index (χ1n) is 11.1. The van der Waals surface area contributed by atoms with Gasteiger partial charge in [0, 0.05) is 30.9 Å². The molecule has 0 spiro atoms. The Morgan fingerprint density at radius 1 is 1.03 bits per heavy atom. The van der Waals surface area contributed by atoms with Crippen LogP contribution in [0.3, 0.4) is 0 Å². The van der Waals surface area contributed by atoms with Gasteiger partial charge in [-0.1, -0.05) is 30.3 Å². The van der Waals surface area contributed by atoms with Crippen molar-refractivity contribution >= 4 is 15.8 Å². The first-order chi connectivity index (χ1) is 16.4. The molecule has 0 radical (unpaired) electrons. The summed E-state index contributed by atoms with van der Waals surface area (Å²) in [7, 11) is -0.506. The van der Waals surface area contributed by atoms with E-state index >= 15 is 0 Å². The van der Waals surface area contributed by atoms with Crippen molar-refractivity contribution in [2.75, 3.05) is 27.4 Å². The number of Topliss-reactive ketones (excluding diaryl/α,β-unsaturated/α-hetero) is 1. The number of aromatic nitrogens is 1. The zero-order chi connectivity index (χ0) is 24.2. The van der Waals surface area contributed by atoms with Crippen LogP contribution in [0.2, 0.25) is 0 Å². The lowest BCUT2D eigenvalue weighted by Crippen LogP contribution is -2.42. The van der Waals surface area contributed by atoms with Crippen LogP contribution in [0.4, 0.5) is 0 Å². The maximum absolute atomic E-state index is 13.7. The molecule has 7 nitrogen and oxygen atoms in total. The molecule has 178 valence electrons. The Kier molecular flexibility index (Phi) is 7.11. The number of ether oxygens (including phenoxy) is 2. The Labute approximate surface area is 200 Å². The summed E-state index contributed by atoms with van der Waals surface area (Å²) in [6.07, 6.45) is 1.45. The van der Waals surface area contributed by atoms with Crippen LogP contribution in [0.15, 0.2) is 71.6 Å². The van der Waals surface area contributed by atoms with Crippen LogP contribution in [0.25, 0.3) is 11.3 Å². The molecule has 1 aliphatic rings. The van der Waals surface area contributed by atoms with Crippen molar-refractivity contribution in [2.24, 2.45) is 0 Å². The monoisotopic (exact) mass is 480 g/mol. The van der Waals surface area contributed by atoms with Crippen LogP contribution >= 0.6 is 0 Å². The first kappa shape index (κ1) is 24.1. The van der Waals surface area contributed by atoms with Crippen molar-refractivity contribution in [1.82, 2.24) is 9.71 Å². The molecule has 0 unspecified atom stereocenters. The van der Waals surface area contributed by atoms with Gasteiger partial charge in [-0.3, -0.25) is 9.78 Å². The molecule has 0 aliphatic carbocycles. The minimum absolute atomic E-state index is 0.112. The lowest BCUT2D eigenvalue weighted by molar-refractivity contribution is -0.127. The van der Waals surface area contributed by atoms with Gasteiger partial charge in [0.15, 0.2) is 0 Å². The number of rotatable bonds is 8. The van der Waals surface area contributed by atoms with Crippen LogP contribution < -0.4 is 9.46 Å². The van der Waals surface area contributed by atoms with Crippen LogP contribution in [-0.2, 0) is 31.4 Å². The second-order valence-electron chi connectivity index (χ2n) is 8.27. The summed E-state index contributed by atoms with van der Waals surface area (Å²) < 4.78 is 37.1. The van der Waals surface area contributed by atoms with Crippen molar-refractivity contribution in [1.29, 1.82) is 0 Å². The number of benzene rings is 2. The van der Waals surface area contributed by atoms with Crippen LogP contribution in [0.5, 0.6) is 5.75 Å². The zero-order valence-electron chi connectivity index (χ0n) is 19.3. The topological polar surface area (TPSA) is 94.6 Å². The van der Waals surface area contributed by atoms with Gasteiger partial charge in [-0.05, 0) is 61.9 Å². The van der Waals surface area contributed by atoms with E-state index in [0.717, 1.165) is 16.9 Å². The molecule has 2 aromatic carbocycles. The molecule has 0 atom stereocenters. The quantitative estimate of drug-likeness (QED) is 0.530. The third-order valence-corrected chi connectivity index (χ3v) is 7.83. The normalized spacial score (nSPS) is 15.6. The highest BCUT2D eigenvalue weighted by atomic mass is 32.2. The highest BCUT2D eigenvalue weighted by Gasteiger charge is 2.41. The average molecular weight is 481 g/mol. The van der Waals surface area contributed by atoms with Gasteiger partial charge < -0.3 is 9.47 Å². The Bertz CT molecular complexity index is 1250. The van der Waals surface area contributed by atoms with E-state index in [-0.39, 0.29) is 17.1 Å². The third kappa shape index (κ3) is 4.89. The lowest BCUT2D eigenvalue weighted by atomic mass is 9.70. The molecule has 0 saturated carbocycles. The van der Waals surface area contributed by atoms with Gasteiger partial charge in [-0.2, -0.15) is 0 Å². The maximum atomic E-state index is 13.7. The van der Waals surface area contributed by atoms with Crippen LogP contribution in [-0.4, -0.2) is 46.6 Å². The molecule has 8 heteroatoms. The number of carbonyl (C=O) groups is 1. The number of nitrogens with zero attached hydrogens (tertiary/aromatic N) is 1. The number of carbonyl (C=O) groups excluding carboxylic acids is 1. The highest BCUT2D eigenvalue weighted by molar-refractivity contribution is 7.89. The summed E-state index contributed by atoms with van der Waals surface area (Å²) >= 11 is 0. The minimum atomic E-state index is -3.50. The van der Waals surface area contributed by atoms with Crippen LogP contribution in [0, 0.1) is 0 Å². The first-order valence-corrected chi connectivity index (χ1v) is 12.6. The standard InChI is InChI=1S/C26H28N2O5S/c1-27-34(30,31)23-12-6-19(7-13-23)24-5-3-4-21(28-24)18-25(29)26(14-16-33-17-15-26)20-8-10-22(32-2)11-9-20/h3-13,27H,14-18H2,1-2H3. The number of hydrogen-bond donors (Lipinski definition) is 1. The smallest absolute Gasteiger partial charge is 0.240 e. The molecule has 34 heavy (non-hydrogen) atoms. The molecular formula is C26H28N2O5S. The van der Waals surface area contributed by atoms with E-state index in [2.05, 4.69) is 4.72 Å². The summed E-state index contributed by atoms with van der Waals surface area (Å²) in [4.78, 5) is 18.6. The molecule has 1 N–H and O–H groups in total. The SMILES string of the molecule is CNS(=O)(=O)c1ccc(-c2cccc(CC(=O)C3(c4ccc(OC)cc4)CCOCC3)n2)cc1. The summed E-state index contributed by atoms with van der Waals surface area (Å²) in [6, 6.07) is 19.8. The van der Waals surface area contributed by atoms with E-state index in [1.165, 1.54) is 7.05 Å². The molecule has 0 bridgehead atoms. The molecule has 1 aromatic heterocycles. The zero-order valence-corrected chi connectivity index (χ0v) is 20.1. The fourth-order valence-electron chi connectivity index (χ4n) is 4.35. The Balaban J connectivity index is 1.59. The van der Waals surface area contributed by atoms with Crippen molar-refractivity contribution in [3.05, 3.63) is 78.0 Å². The van der Waals surface area contributed by atoms with E-state index < -0.39 is 15.4 Å². The van der Waals surface area contributed by atoms with Crippen molar-refractivity contribution in [3.8, 4) is 17.0 Å². The number of sulfonamides is 1. The van der Waals surface area contributed by atoms with E-state index in [4.69, 9.17) is 14.5 Å². The predicted octanol–water partition coefficient (Wildman–Crippen LogP) is 3.53. The third-order valence-electron chi connectivity index (χ3n) is 6.40. The summed E-state index contributed by atoms with van der Waals surface area (Å²) in [5.74, 6) is 0.863. The van der Waals surface area contributed by atoms with Gasteiger partial charge in [0.05, 0.1) is 23.1 Å². The van der Waals surface area contributed by atoms with E-state index in [1.54, 1.807) is 31.4 Å². The fourth-order valence-corrected chi connectivity index (χ4v) is 5.08. The van der Waals surface area contributed by atoms with Crippen molar-refractivity contribution in [3.63, 3.8) is 0 Å². The lowest BCUT2D eigenvalue weighted by Gasteiger charge is -2.36. The van der Waals surface area contributed by atoms with Gasteiger partial charge in [0.2, 0.25) is 10.0 Å². The molecule has 4 rings (SSSR count). The van der Waals surface area contributed by atoms with Crippen LogP contribution in [0.1, 0.15) is 24.1 Å². The average Bonchev–Trinajstić information content (AvgIpc) is 2.89.